The number of nitrogens with zero attached hydrogens (tertiary/aromatic N) is 3. The summed E-state index contributed by atoms with van der Waals surface area (Å²) < 4.78 is 14.6. The molecule has 0 unspecified atom stereocenters. The van der Waals surface area contributed by atoms with Crippen molar-refractivity contribution in [1.82, 2.24) is 14.6 Å². The Morgan fingerprint density at radius 3 is 2.50 bits per heavy atom. The van der Waals surface area contributed by atoms with E-state index in [1.165, 1.54) is 12.1 Å². The fourth-order valence-corrected chi connectivity index (χ4v) is 3.45. The molecule has 0 aliphatic heterocycles. The molecule has 0 saturated heterocycles. The lowest BCUT2D eigenvalue weighted by atomic mass is 10.1. The lowest BCUT2D eigenvalue weighted by Gasteiger charge is -2.00. The van der Waals surface area contributed by atoms with Gasteiger partial charge >= 0.3 is 0 Å². The molecule has 2 heterocycles. The van der Waals surface area contributed by atoms with E-state index in [4.69, 9.17) is 0 Å². The molecule has 0 fully saturated rings. The zero-order valence-electron chi connectivity index (χ0n) is 13.4. The summed E-state index contributed by atoms with van der Waals surface area (Å²) in [5, 5.41) is 4.18. The topological polar surface area (TPSA) is 64.3 Å². The van der Waals surface area contributed by atoms with E-state index >= 15 is 0 Å². The van der Waals surface area contributed by atoms with E-state index in [2.05, 4.69) is 10.1 Å². The number of halogens is 1. The van der Waals surface area contributed by atoms with E-state index in [-0.39, 0.29) is 28.5 Å². The van der Waals surface area contributed by atoms with Gasteiger partial charge in [0.2, 0.25) is 4.96 Å². The van der Waals surface area contributed by atoms with Crippen molar-refractivity contribution in [3.63, 3.8) is 0 Å². The third kappa shape index (κ3) is 3.16. The first-order valence-corrected chi connectivity index (χ1v) is 8.66. The van der Waals surface area contributed by atoms with Crippen molar-refractivity contribution >= 4 is 22.4 Å². The number of hydrogen-bond donors (Lipinski definition) is 0. The molecule has 5 nitrogen and oxygen atoms in total. The second-order valence-electron chi connectivity index (χ2n) is 5.69. The maximum atomic E-state index is 13.0. The fraction of sp³-hybridized carbons (Fsp3) is 0.0526. The molecular weight excluding hydrogens is 353 g/mol. The summed E-state index contributed by atoms with van der Waals surface area (Å²) in [6, 6.07) is 15.2. The molecule has 0 atom stereocenters. The number of hydrogen-bond acceptors (Lipinski definition) is 5. The number of rotatable bonds is 3. The zero-order chi connectivity index (χ0) is 18.1. The third-order valence-corrected chi connectivity index (χ3v) is 4.79. The van der Waals surface area contributed by atoms with Crippen LogP contribution < -0.4 is 15.7 Å². The Kier molecular flexibility index (Phi) is 4.14. The van der Waals surface area contributed by atoms with Crippen LogP contribution in [0.1, 0.15) is 16.8 Å². The predicted molar refractivity (Wildman–Crippen MR) is 97.8 cm³/mol. The lowest BCUT2D eigenvalue weighted by Crippen LogP contribution is -2.28. The molecular formula is C19H12FN3O2S. The van der Waals surface area contributed by atoms with E-state index in [0.717, 1.165) is 27.0 Å². The van der Waals surface area contributed by atoms with Gasteiger partial charge in [-0.3, -0.25) is 9.59 Å². The van der Waals surface area contributed by atoms with Gasteiger partial charge < -0.3 is 0 Å². The SMILES string of the molecule is O=c1nc2s/c(=C\c3ccccc3)c(=O)n2nc1Cc1ccc(F)cc1. The van der Waals surface area contributed by atoms with Crippen LogP contribution in [0.15, 0.2) is 64.2 Å². The maximum Gasteiger partial charge on any atom is 0.296 e. The molecule has 0 spiro atoms. The molecule has 2 aromatic carbocycles. The van der Waals surface area contributed by atoms with Crippen LogP contribution >= 0.6 is 11.3 Å². The highest BCUT2D eigenvalue weighted by Crippen LogP contribution is 2.07. The van der Waals surface area contributed by atoms with Crippen LogP contribution in [0.3, 0.4) is 0 Å². The van der Waals surface area contributed by atoms with Gasteiger partial charge in [-0.1, -0.05) is 53.8 Å². The fourth-order valence-electron chi connectivity index (χ4n) is 2.55. The molecule has 0 radical (unpaired) electrons. The average Bonchev–Trinajstić information content (AvgIpc) is 2.93. The van der Waals surface area contributed by atoms with Crippen molar-refractivity contribution in [3.8, 4) is 0 Å². The maximum absolute atomic E-state index is 13.0. The molecule has 0 N–H and O–H groups in total. The lowest BCUT2D eigenvalue weighted by molar-refractivity contribution is 0.627. The smallest absolute Gasteiger partial charge is 0.266 e. The first kappa shape index (κ1) is 16.3. The van der Waals surface area contributed by atoms with E-state index in [1.54, 1.807) is 18.2 Å². The summed E-state index contributed by atoms with van der Waals surface area (Å²) >= 11 is 1.12. The van der Waals surface area contributed by atoms with Gasteiger partial charge in [0.1, 0.15) is 11.5 Å². The minimum atomic E-state index is -0.484. The minimum absolute atomic E-state index is 0.148. The van der Waals surface area contributed by atoms with Crippen molar-refractivity contribution in [2.45, 2.75) is 6.42 Å². The summed E-state index contributed by atoms with van der Waals surface area (Å²) in [7, 11) is 0. The zero-order valence-corrected chi connectivity index (χ0v) is 14.2. The molecule has 0 bridgehead atoms. The normalized spacial score (nSPS) is 12.0. The average molecular weight is 365 g/mol. The van der Waals surface area contributed by atoms with E-state index in [9.17, 15) is 14.0 Å². The molecule has 7 heteroatoms. The number of benzene rings is 2. The van der Waals surface area contributed by atoms with E-state index < -0.39 is 5.56 Å². The molecule has 0 aliphatic carbocycles. The van der Waals surface area contributed by atoms with Crippen molar-refractivity contribution < 1.29 is 4.39 Å². The molecule has 0 saturated carbocycles. The van der Waals surface area contributed by atoms with Crippen LogP contribution in [-0.2, 0) is 6.42 Å². The quantitative estimate of drug-likeness (QED) is 0.555. The Balaban J connectivity index is 1.80. The summed E-state index contributed by atoms with van der Waals surface area (Å²) in [6.07, 6.45) is 1.93. The van der Waals surface area contributed by atoms with Crippen LogP contribution in [-0.4, -0.2) is 14.6 Å². The highest BCUT2D eigenvalue weighted by Gasteiger charge is 2.11. The van der Waals surface area contributed by atoms with Crippen LogP contribution in [0.2, 0.25) is 0 Å². The monoisotopic (exact) mass is 365 g/mol. The van der Waals surface area contributed by atoms with Gasteiger partial charge in [-0.2, -0.15) is 14.6 Å². The number of thiazole rings is 1. The van der Waals surface area contributed by atoms with Gasteiger partial charge in [-0.15, -0.1) is 0 Å². The molecule has 26 heavy (non-hydrogen) atoms. The molecule has 128 valence electrons. The molecule has 0 aliphatic rings. The second-order valence-corrected chi connectivity index (χ2v) is 6.70. The number of fused-ring (bicyclic) bond motifs is 1. The van der Waals surface area contributed by atoms with Crippen LogP contribution in [0, 0.1) is 5.82 Å². The van der Waals surface area contributed by atoms with Gasteiger partial charge in [0.25, 0.3) is 11.1 Å². The van der Waals surface area contributed by atoms with Gasteiger partial charge in [0.05, 0.1) is 4.53 Å². The molecule has 4 rings (SSSR count). The van der Waals surface area contributed by atoms with Gasteiger partial charge in [0.15, 0.2) is 0 Å². The minimum Gasteiger partial charge on any atom is -0.266 e. The van der Waals surface area contributed by atoms with Crippen LogP contribution in [0.5, 0.6) is 0 Å². The Morgan fingerprint density at radius 1 is 1.04 bits per heavy atom. The van der Waals surface area contributed by atoms with Crippen molar-refractivity contribution in [2.24, 2.45) is 0 Å². The molecule has 4 aromatic rings. The molecule has 2 aromatic heterocycles. The molecule has 0 amide bonds. The van der Waals surface area contributed by atoms with Gasteiger partial charge in [-0.25, -0.2) is 4.39 Å². The first-order chi connectivity index (χ1) is 12.6. The largest absolute Gasteiger partial charge is 0.296 e. The second kappa shape index (κ2) is 6.61. The Labute approximate surface area is 150 Å². The van der Waals surface area contributed by atoms with Gasteiger partial charge in [-0.05, 0) is 29.3 Å². The van der Waals surface area contributed by atoms with Crippen molar-refractivity contribution in [3.05, 3.63) is 102 Å². The first-order valence-electron chi connectivity index (χ1n) is 7.84. The third-order valence-electron chi connectivity index (χ3n) is 3.83. The Hall–Kier alpha value is -3.19. The van der Waals surface area contributed by atoms with Gasteiger partial charge in [0, 0.05) is 6.42 Å². The van der Waals surface area contributed by atoms with Crippen molar-refractivity contribution in [1.29, 1.82) is 0 Å². The Morgan fingerprint density at radius 2 is 1.77 bits per heavy atom. The summed E-state index contributed by atoms with van der Waals surface area (Å²) in [4.78, 5) is 29.0. The summed E-state index contributed by atoms with van der Waals surface area (Å²) in [6.45, 7) is 0. The standard InChI is InChI=1S/C19H12FN3O2S/c20-14-8-6-13(7-9-14)10-15-17(24)21-19-23(22-15)18(25)16(26-19)11-12-4-2-1-3-5-12/h1-9,11H,10H2/b16-11-. The highest BCUT2D eigenvalue weighted by atomic mass is 32.1. The van der Waals surface area contributed by atoms with E-state index in [1.807, 2.05) is 30.3 Å². The van der Waals surface area contributed by atoms with Crippen molar-refractivity contribution in [2.75, 3.05) is 0 Å². The summed E-state index contributed by atoms with van der Waals surface area (Å²) in [5.41, 5.74) is 0.945. The summed E-state index contributed by atoms with van der Waals surface area (Å²) in [5.74, 6) is -0.354. The number of aromatic nitrogens is 3. The predicted octanol–water partition coefficient (Wildman–Crippen LogP) is 1.79. The van der Waals surface area contributed by atoms with E-state index in [0.29, 0.717) is 4.53 Å². The Bertz CT molecular complexity index is 1250. The van der Waals surface area contributed by atoms with Crippen LogP contribution in [0.25, 0.3) is 11.0 Å². The highest BCUT2D eigenvalue weighted by molar-refractivity contribution is 7.15. The van der Waals surface area contributed by atoms with Crippen LogP contribution in [0.4, 0.5) is 4.39 Å².